The van der Waals surface area contributed by atoms with Gasteiger partial charge in [-0.2, -0.15) is 5.26 Å². The maximum atomic E-state index is 8.78. The molecule has 0 aliphatic rings. The van der Waals surface area contributed by atoms with Crippen LogP contribution in [0.1, 0.15) is 11.3 Å². The molecule has 0 aliphatic heterocycles. The second-order valence-electron chi connectivity index (χ2n) is 3.99. The van der Waals surface area contributed by atoms with Gasteiger partial charge in [-0.05, 0) is 18.2 Å². The van der Waals surface area contributed by atoms with Crippen LogP contribution in [0.5, 0.6) is 0 Å². The van der Waals surface area contributed by atoms with Crippen LogP contribution in [0.3, 0.4) is 0 Å². The monoisotopic (exact) mass is 288 g/mol. The third-order valence-corrected chi connectivity index (χ3v) is 3.78. The van der Waals surface area contributed by atoms with E-state index in [-0.39, 0.29) is 0 Å². The zero-order valence-corrected chi connectivity index (χ0v) is 11.4. The van der Waals surface area contributed by atoms with Gasteiger partial charge >= 0.3 is 0 Å². The van der Waals surface area contributed by atoms with E-state index in [4.69, 9.17) is 16.9 Å². The molecule has 6 heteroatoms. The molecule has 0 atom stereocenters. The molecule has 1 aromatic carbocycles. The van der Waals surface area contributed by atoms with Gasteiger partial charge in [0.1, 0.15) is 0 Å². The van der Waals surface area contributed by atoms with E-state index in [0.717, 1.165) is 16.3 Å². The molecule has 3 rings (SSSR count). The Kier molecular flexibility index (Phi) is 3.11. The van der Waals surface area contributed by atoms with E-state index >= 15 is 0 Å². The Balaban J connectivity index is 1.75. The van der Waals surface area contributed by atoms with Gasteiger partial charge in [-0.25, -0.2) is 4.98 Å². The molecule has 0 saturated heterocycles. The van der Waals surface area contributed by atoms with Crippen molar-refractivity contribution >= 4 is 33.6 Å². The van der Waals surface area contributed by atoms with Crippen molar-refractivity contribution in [1.82, 2.24) is 9.38 Å². The first-order chi connectivity index (χ1) is 9.26. The van der Waals surface area contributed by atoms with Gasteiger partial charge in [0, 0.05) is 17.8 Å². The summed E-state index contributed by atoms with van der Waals surface area (Å²) in [5, 5.41) is 14.5. The summed E-state index contributed by atoms with van der Waals surface area (Å²) in [7, 11) is 0. The largest absolute Gasteiger partial charge is 0.378 e. The van der Waals surface area contributed by atoms with E-state index < -0.39 is 0 Å². The molecule has 2 heterocycles. The maximum Gasteiger partial charge on any atom is 0.193 e. The normalized spacial score (nSPS) is 10.5. The Labute approximate surface area is 118 Å². The highest BCUT2D eigenvalue weighted by Gasteiger charge is 2.05. The van der Waals surface area contributed by atoms with Crippen molar-refractivity contribution in [3.8, 4) is 6.07 Å². The summed E-state index contributed by atoms with van der Waals surface area (Å²) in [5.74, 6) is 0. The Morgan fingerprint density at radius 1 is 1.47 bits per heavy atom. The van der Waals surface area contributed by atoms with E-state index in [9.17, 15) is 0 Å². The molecule has 0 unspecified atom stereocenters. The topological polar surface area (TPSA) is 53.1 Å². The Hall–Kier alpha value is -2.03. The van der Waals surface area contributed by atoms with Crippen LogP contribution in [-0.2, 0) is 6.54 Å². The van der Waals surface area contributed by atoms with Gasteiger partial charge in [0.2, 0.25) is 0 Å². The van der Waals surface area contributed by atoms with Crippen LogP contribution in [0.2, 0.25) is 5.02 Å². The molecular weight excluding hydrogens is 280 g/mol. The van der Waals surface area contributed by atoms with Crippen molar-refractivity contribution in [3.63, 3.8) is 0 Å². The number of imidazole rings is 1. The van der Waals surface area contributed by atoms with Crippen LogP contribution < -0.4 is 5.32 Å². The van der Waals surface area contributed by atoms with Crippen LogP contribution in [0.4, 0.5) is 5.69 Å². The molecule has 0 spiro atoms. The number of hydrogen-bond donors (Lipinski definition) is 1. The SMILES string of the molecule is N#Cc1ccc(NCc2cn3ccsc3n2)c(Cl)c1. The number of nitrogens with zero attached hydrogens (tertiary/aromatic N) is 3. The number of benzene rings is 1. The van der Waals surface area contributed by atoms with Crippen LogP contribution >= 0.6 is 22.9 Å². The lowest BCUT2D eigenvalue weighted by atomic mass is 10.2. The summed E-state index contributed by atoms with van der Waals surface area (Å²) in [6, 6.07) is 7.25. The van der Waals surface area contributed by atoms with Crippen LogP contribution in [-0.4, -0.2) is 9.38 Å². The number of halogens is 1. The van der Waals surface area contributed by atoms with Gasteiger partial charge in [0.15, 0.2) is 4.96 Å². The summed E-state index contributed by atoms with van der Waals surface area (Å²) in [6.07, 6.45) is 3.96. The first-order valence-electron chi connectivity index (χ1n) is 5.61. The molecule has 0 bridgehead atoms. The van der Waals surface area contributed by atoms with Gasteiger partial charge < -0.3 is 5.32 Å². The molecule has 1 N–H and O–H groups in total. The molecule has 0 fully saturated rings. The summed E-state index contributed by atoms with van der Waals surface area (Å²) in [4.78, 5) is 5.45. The molecule has 0 aliphatic carbocycles. The highest BCUT2D eigenvalue weighted by molar-refractivity contribution is 7.15. The fourth-order valence-corrected chi connectivity index (χ4v) is 2.74. The summed E-state index contributed by atoms with van der Waals surface area (Å²) < 4.78 is 1.99. The average molecular weight is 289 g/mol. The van der Waals surface area contributed by atoms with E-state index in [1.807, 2.05) is 22.2 Å². The third kappa shape index (κ3) is 2.41. The smallest absolute Gasteiger partial charge is 0.193 e. The Morgan fingerprint density at radius 2 is 2.37 bits per heavy atom. The van der Waals surface area contributed by atoms with Gasteiger partial charge in [0.05, 0.1) is 34.6 Å². The lowest BCUT2D eigenvalue weighted by molar-refractivity contribution is 1.08. The van der Waals surface area contributed by atoms with Crippen molar-refractivity contribution in [3.05, 3.63) is 52.3 Å². The maximum absolute atomic E-state index is 8.78. The number of fused-ring (bicyclic) bond motifs is 1. The second-order valence-corrected chi connectivity index (χ2v) is 5.27. The first-order valence-corrected chi connectivity index (χ1v) is 6.86. The number of nitrogens with one attached hydrogen (secondary N) is 1. The minimum atomic E-state index is 0.542. The molecule has 4 nitrogen and oxygen atoms in total. The van der Waals surface area contributed by atoms with Gasteiger partial charge in [-0.15, -0.1) is 11.3 Å². The fraction of sp³-hybridized carbons (Fsp3) is 0.0769. The predicted octanol–water partition coefficient (Wildman–Crippen LogP) is 3.53. The van der Waals surface area contributed by atoms with E-state index in [1.165, 1.54) is 0 Å². The number of nitriles is 1. The molecule has 2 aromatic heterocycles. The lowest BCUT2D eigenvalue weighted by Crippen LogP contribution is -2.00. The molecule has 0 radical (unpaired) electrons. The number of rotatable bonds is 3. The second kappa shape index (κ2) is 4.92. The van der Waals surface area contributed by atoms with E-state index in [0.29, 0.717) is 17.1 Å². The Morgan fingerprint density at radius 3 is 3.11 bits per heavy atom. The predicted molar refractivity (Wildman–Crippen MR) is 76.6 cm³/mol. The van der Waals surface area contributed by atoms with E-state index in [2.05, 4.69) is 16.4 Å². The van der Waals surface area contributed by atoms with Crippen molar-refractivity contribution in [2.75, 3.05) is 5.32 Å². The molecule has 0 saturated carbocycles. The van der Waals surface area contributed by atoms with Crippen LogP contribution in [0.25, 0.3) is 4.96 Å². The minimum Gasteiger partial charge on any atom is -0.378 e. The quantitative estimate of drug-likeness (QED) is 0.802. The van der Waals surface area contributed by atoms with Crippen LogP contribution in [0, 0.1) is 11.3 Å². The number of thiazole rings is 1. The zero-order chi connectivity index (χ0) is 13.2. The van der Waals surface area contributed by atoms with Gasteiger partial charge in [0.25, 0.3) is 0 Å². The van der Waals surface area contributed by atoms with Crippen molar-refractivity contribution in [1.29, 1.82) is 5.26 Å². The van der Waals surface area contributed by atoms with Crippen molar-refractivity contribution in [2.45, 2.75) is 6.54 Å². The molecular formula is C13H9ClN4S. The highest BCUT2D eigenvalue weighted by Crippen LogP contribution is 2.23. The molecule has 94 valence electrons. The number of hydrogen-bond acceptors (Lipinski definition) is 4. The third-order valence-electron chi connectivity index (χ3n) is 2.70. The average Bonchev–Trinajstić information content (AvgIpc) is 2.98. The first kappa shape index (κ1) is 12.0. The summed E-state index contributed by atoms with van der Waals surface area (Å²) >= 11 is 7.69. The molecule has 19 heavy (non-hydrogen) atoms. The van der Waals surface area contributed by atoms with Crippen molar-refractivity contribution < 1.29 is 0 Å². The van der Waals surface area contributed by atoms with Gasteiger partial charge in [-0.3, -0.25) is 4.40 Å². The zero-order valence-electron chi connectivity index (χ0n) is 9.80. The molecule has 0 amide bonds. The molecule has 3 aromatic rings. The summed E-state index contributed by atoms with van der Waals surface area (Å²) in [5.41, 5.74) is 2.31. The Bertz CT molecular complexity index is 740. The number of anilines is 1. The van der Waals surface area contributed by atoms with Crippen LogP contribution in [0.15, 0.2) is 36.0 Å². The lowest BCUT2D eigenvalue weighted by Gasteiger charge is -2.06. The summed E-state index contributed by atoms with van der Waals surface area (Å²) in [6.45, 7) is 0.597. The number of aromatic nitrogens is 2. The highest BCUT2D eigenvalue weighted by atomic mass is 35.5. The van der Waals surface area contributed by atoms with Gasteiger partial charge in [-0.1, -0.05) is 11.6 Å². The van der Waals surface area contributed by atoms with E-state index in [1.54, 1.807) is 29.5 Å². The van der Waals surface area contributed by atoms with Crippen molar-refractivity contribution in [2.24, 2.45) is 0 Å². The minimum absolute atomic E-state index is 0.542. The standard InChI is InChI=1S/C13H9ClN4S/c14-11-5-9(6-15)1-2-12(11)16-7-10-8-18-3-4-19-13(18)17-10/h1-5,8,16H,7H2. The fourth-order valence-electron chi connectivity index (χ4n) is 1.78.